The summed E-state index contributed by atoms with van der Waals surface area (Å²) in [4.78, 5) is 49.3. The molecule has 27 heavy (non-hydrogen) atoms. The molecule has 0 bridgehead atoms. The molecule has 2 N–H and O–H groups in total. The first-order chi connectivity index (χ1) is 12.8. The minimum absolute atomic E-state index is 0.0268. The fourth-order valence-corrected chi connectivity index (χ4v) is 2.77. The molecule has 0 aliphatic carbocycles. The van der Waals surface area contributed by atoms with Crippen LogP contribution in [0.25, 0.3) is 0 Å². The van der Waals surface area contributed by atoms with Gasteiger partial charge in [-0.15, -0.1) is 0 Å². The van der Waals surface area contributed by atoms with Crippen LogP contribution >= 0.6 is 0 Å². The first-order valence-electron chi connectivity index (χ1n) is 9.04. The van der Waals surface area contributed by atoms with Crippen molar-refractivity contribution >= 4 is 29.5 Å². The van der Waals surface area contributed by atoms with Gasteiger partial charge in [-0.05, 0) is 38.0 Å². The van der Waals surface area contributed by atoms with E-state index >= 15 is 0 Å². The fourth-order valence-electron chi connectivity index (χ4n) is 2.77. The number of carbonyl (C=O) groups excluding carboxylic acids is 4. The maximum Gasteiger partial charge on any atom is 0.321 e. The van der Waals surface area contributed by atoms with Crippen LogP contribution in [0, 0.1) is 5.92 Å². The third-order valence-corrected chi connectivity index (χ3v) is 4.35. The largest absolute Gasteiger partial charge is 0.452 e. The Balaban J connectivity index is 1.92. The molecule has 1 fully saturated rings. The van der Waals surface area contributed by atoms with Gasteiger partial charge in [0.1, 0.15) is 0 Å². The highest BCUT2D eigenvalue weighted by atomic mass is 16.5. The Labute approximate surface area is 158 Å². The van der Waals surface area contributed by atoms with Gasteiger partial charge in [0.15, 0.2) is 6.10 Å². The number of imide groups is 1. The van der Waals surface area contributed by atoms with E-state index in [4.69, 9.17) is 4.74 Å². The van der Waals surface area contributed by atoms with Crippen molar-refractivity contribution < 1.29 is 23.9 Å². The van der Waals surface area contributed by atoms with Crippen LogP contribution in [0.3, 0.4) is 0 Å². The molecule has 146 valence electrons. The molecule has 2 rings (SSSR count). The van der Waals surface area contributed by atoms with Crippen LogP contribution in [-0.4, -0.2) is 43.0 Å². The number of urea groups is 1. The lowest BCUT2D eigenvalue weighted by Gasteiger charge is -2.18. The van der Waals surface area contributed by atoms with Gasteiger partial charge < -0.3 is 15.0 Å². The summed E-state index contributed by atoms with van der Waals surface area (Å²) in [6.45, 7) is 5.71. The Kier molecular flexibility index (Phi) is 6.92. The molecule has 0 spiro atoms. The number of rotatable bonds is 6. The van der Waals surface area contributed by atoms with Crippen molar-refractivity contribution in [1.29, 1.82) is 0 Å². The number of benzene rings is 1. The number of carbonyl (C=O) groups is 4. The molecule has 2 atom stereocenters. The van der Waals surface area contributed by atoms with Crippen LogP contribution < -0.4 is 15.5 Å². The number of anilines is 1. The first kappa shape index (κ1) is 20.4. The monoisotopic (exact) mass is 375 g/mol. The highest BCUT2D eigenvalue weighted by molar-refractivity contribution is 6.00. The summed E-state index contributed by atoms with van der Waals surface area (Å²) < 4.78 is 5.13. The lowest BCUT2D eigenvalue weighted by atomic mass is 10.1. The molecule has 1 aliphatic heterocycles. The Hall–Kier alpha value is -2.90. The van der Waals surface area contributed by atoms with Gasteiger partial charge in [0.2, 0.25) is 5.91 Å². The van der Waals surface area contributed by atoms with Crippen molar-refractivity contribution in [3.8, 4) is 0 Å². The maximum absolute atomic E-state index is 12.3. The number of hydrogen-bond donors (Lipinski definition) is 2. The van der Waals surface area contributed by atoms with Gasteiger partial charge in [0.25, 0.3) is 5.91 Å². The number of ether oxygens (including phenoxy) is 1. The number of nitrogens with zero attached hydrogens (tertiary/aromatic N) is 1. The van der Waals surface area contributed by atoms with Gasteiger partial charge in [0.05, 0.1) is 5.92 Å². The molecular weight excluding hydrogens is 350 g/mol. The van der Waals surface area contributed by atoms with Crippen molar-refractivity contribution in [2.75, 3.05) is 18.0 Å². The summed E-state index contributed by atoms with van der Waals surface area (Å²) in [6, 6.07) is 6.95. The van der Waals surface area contributed by atoms with E-state index in [2.05, 4.69) is 10.6 Å². The van der Waals surface area contributed by atoms with Crippen LogP contribution in [0.4, 0.5) is 10.5 Å². The lowest BCUT2D eigenvalue weighted by molar-refractivity contribution is -0.158. The van der Waals surface area contributed by atoms with E-state index in [0.29, 0.717) is 6.54 Å². The molecule has 1 heterocycles. The van der Waals surface area contributed by atoms with Crippen LogP contribution in [0.1, 0.15) is 32.8 Å². The SMILES string of the molecule is CCNC(=O)NC(=O)[C@@H](C)OC(=O)[C@H]1CC(=O)N(c2ccc(CC)cc2)C1. The second kappa shape index (κ2) is 9.16. The van der Waals surface area contributed by atoms with E-state index in [-0.39, 0.29) is 18.9 Å². The molecule has 8 nitrogen and oxygen atoms in total. The van der Waals surface area contributed by atoms with Crippen molar-refractivity contribution in [2.45, 2.75) is 39.7 Å². The van der Waals surface area contributed by atoms with Crippen LogP contribution in [-0.2, 0) is 25.5 Å². The number of amides is 4. The number of hydrogen-bond acceptors (Lipinski definition) is 5. The number of esters is 1. The minimum Gasteiger partial charge on any atom is -0.452 e. The topological polar surface area (TPSA) is 105 Å². The molecule has 0 saturated carbocycles. The third-order valence-electron chi connectivity index (χ3n) is 4.35. The highest BCUT2D eigenvalue weighted by Crippen LogP contribution is 2.26. The predicted octanol–water partition coefficient (Wildman–Crippen LogP) is 1.38. The van der Waals surface area contributed by atoms with E-state index in [1.807, 2.05) is 31.2 Å². The van der Waals surface area contributed by atoms with Gasteiger partial charge in [-0.2, -0.15) is 0 Å². The summed E-state index contributed by atoms with van der Waals surface area (Å²) in [5, 5.41) is 4.50. The Bertz CT molecular complexity index is 717. The maximum atomic E-state index is 12.3. The average Bonchev–Trinajstić information content (AvgIpc) is 3.03. The minimum atomic E-state index is -1.13. The Morgan fingerprint density at radius 1 is 1.22 bits per heavy atom. The van der Waals surface area contributed by atoms with Crippen LogP contribution in [0.15, 0.2) is 24.3 Å². The first-order valence-corrected chi connectivity index (χ1v) is 9.04. The Morgan fingerprint density at radius 2 is 1.89 bits per heavy atom. The van der Waals surface area contributed by atoms with Crippen LogP contribution in [0.2, 0.25) is 0 Å². The van der Waals surface area contributed by atoms with Crippen molar-refractivity contribution in [1.82, 2.24) is 10.6 Å². The zero-order valence-electron chi connectivity index (χ0n) is 15.8. The smallest absolute Gasteiger partial charge is 0.321 e. The predicted molar refractivity (Wildman–Crippen MR) is 99.0 cm³/mol. The molecule has 8 heteroatoms. The summed E-state index contributed by atoms with van der Waals surface area (Å²) in [5.74, 6) is -2.16. The van der Waals surface area contributed by atoms with Crippen molar-refractivity contribution in [3.05, 3.63) is 29.8 Å². The second-order valence-corrected chi connectivity index (χ2v) is 6.35. The van der Waals surface area contributed by atoms with Gasteiger partial charge in [-0.1, -0.05) is 19.1 Å². The molecule has 1 aromatic rings. The van der Waals surface area contributed by atoms with Gasteiger partial charge in [0, 0.05) is 25.2 Å². The zero-order valence-corrected chi connectivity index (χ0v) is 15.8. The quantitative estimate of drug-likeness (QED) is 0.731. The molecule has 0 unspecified atom stereocenters. The van der Waals surface area contributed by atoms with Gasteiger partial charge in [-0.25, -0.2) is 4.79 Å². The average molecular weight is 375 g/mol. The van der Waals surface area contributed by atoms with E-state index in [0.717, 1.165) is 17.7 Å². The number of nitrogens with one attached hydrogen (secondary N) is 2. The fraction of sp³-hybridized carbons (Fsp3) is 0.474. The van der Waals surface area contributed by atoms with Crippen molar-refractivity contribution in [2.24, 2.45) is 5.92 Å². The van der Waals surface area contributed by atoms with Gasteiger partial charge in [-0.3, -0.25) is 19.7 Å². The molecule has 1 aliphatic rings. The van der Waals surface area contributed by atoms with E-state index in [1.165, 1.54) is 6.92 Å². The van der Waals surface area contributed by atoms with E-state index in [1.54, 1.807) is 11.8 Å². The molecule has 4 amide bonds. The lowest BCUT2D eigenvalue weighted by Crippen LogP contribution is -2.45. The van der Waals surface area contributed by atoms with E-state index < -0.39 is 29.9 Å². The second-order valence-electron chi connectivity index (χ2n) is 6.35. The molecule has 1 saturated heterocycles. The third kappa shape index (κ3) is 5.29. The van der Waals surface area contributed by atoms with E-state index in [9.17, 15) is 19.2 Å². The summed E-state index contributed by atoms with van der Waals surface area (Å²) in [6.07, 6.45) is -0.202. The molecule has 1 aromatic carbocycles. The highest BCUT2D eigenvalue weighted by Gasteiger charge is 2.37. The molecule has 0 aromatic heterocycles. The summed E-state index contributed by atoms with van der Waals surface area (Å²) >= 11 is 0. The zero-order chi connectivity index (χ0) is 20.0. The number of aryl methyl sites for hydroxylation is 1. The summed E-state index contributed by atoms with van der Waals surface area (Å²) in [7, 11) is 0. The summed E-state index contributed by atoms with van der Waals surface area (Å²) in [5.41, 5.74) is 1.89. The standard InChI is InChI=1S/C19H25N3O5/c1-4-13-6-8-15(9-7-13)22-11-14(10-16(22)23)18(25)27-12(3)17(24)21-19(26)20-5-2/h6-9,12,14H,4-5,10-11H2,1-3H3,(H2,20,21,24,26)/t12-,14+/m1/s1. The van der Waals surface area contributed by atoms with Crippen molar-refractivity contribution in [3.63, 3.8) is 0 Å². The van der Waals surface area contributed by atoms with Crippen LogP contribution in [0.5, 0.6) is 0 Å². The normalized spacial score (nSPS) is 17.4. The Morgan fingerprint density at radius 3 is 2.48 bits per heavy atom. The molecule has 0 radical (unpaired) electrons. The molecular formula is C19H25N3O5. The van der Waals surface area contributed by atoms with Gasteiger partial charge >= 0.3 is 12.0 Å².